The molecule has 0 aromatic heterocycles. The average Bonchev–Trinajstić information content (AvgIpc) is 2.95. The number of nitrogens with zero attached hydrogens (tertiary/aromatic N) is 2. The van der Waals surface area contributed by atoms with Crippen molar-refractivity contribution in [3.05, 3.63) is 71.6 Å². The lowest BCUT2D eigenvalue weighted by Gasteiger charge is -2.10. The van der Waals surface area contributed by atoms with Gasteiger partial charge in [0.15, 0.2) is 5.71 Å². The van der Waals surface area contributed by atoms with Gasteiger partial charge in [-0.1, -0.05) is 30.3 Å². The lowest BCUT2D eigenvalue weighted by Crippen LogP contribution is -2.22. The van der Waals surface area contributed by atoms with Gasteiger partial charge in [0.25, 0.3) is 5.91 Å². The SMILES string of the molecule is CCOC(=O)C1=NN(c2ccccc2)C(=O)/C1=C\c1ccc(F)cc1. The van der Waals surface area contributed by atoms with Crippen LogP contribution in [0.15, 0.2) is 65.3 Å². The highest BCUT2D eigenvalue weighted by Crippen LogP contribution is 2.25. The first-order valence-corrected chi connectivity index (χ1v) is 7.73. The van der Waals surface area contributed by atoms with E-state index in [1.807, 2.05) is 6.07 Å². The van der Waals surface area contributed by atoms with Crippen LogP contribution in [0.4, 0.5) is 10.1 Å². The van der Waals surface area contributed by atoms with E-state index in [0.717, 1.165) is 5.01 Å². The third-order valence-corrected chi connectivity index (χ3v) is 3.53. The van der Waals surface area contributed by atoms with E-state index in [1.165, 1.54) is 30.3 Å². The Morgan fingerprint density at radius 3 is 2.48 bits per heavy atom. The molecular weight excluding hydrogens is 323 g/mol. The molecule has 1 amide bonds. The number of esters is 1. The molecule has 1 aliphatic rings. The van der Waals surface area contributed by atoms with Crippen molar-refractivity contribution in [3.8, 4) is 0 Å². The van der Waals surface area contributed by atoms with Gasteiger partial charge in [0, 0.05) is 0 Å². The average molecular weight is 338 g/mol. The third-order valence-electron chi connectivity index (χ3n) is 3.53. The summed E-state index contributed by atoms with van der Waals surface area (Å²) in [5, 5.41) is 5.29. The fourth-order valence-corrected chi connectivity index (χ4v) is 2.36. The first kappa shape index (κ1) is 16.6. The molecule has 6 heteroatoms. The number of amides is 1. The normalized spacial score (nSPS) is 15.4. The van der Waals surface area contributed by atoms with Gasteiger partial charge < -0.3 is 4.74 Å². The summed E-state index contributed by atoms with van der Waals surface area (Å²) >= 11 is 0. The van der Waals surface area contributed by atoms with Crippen molar-refractivity contribution in [2.45, 2.75) is 6.92 Å². The van der Waals surface area contributed by atoms with Crippen molar-refractivity contribution in [2.24, 2.45) is 5.10 Å². The van der Waals surface area contributed by atoms with Gasteiger partial charge >= 0.3 is 5.97 Å². The molecule has 1 aliphatic heterocycles. The van der Waals surface area contributed by atoms with Gasteiger partial charge in [0.2, 0.25) is 0 Å². The van der Waals surface area contributed by atoms with Gasteiger partial charge in [-0.2, -0.15) is 10.1 Å². The molecule has 0 bridgehead atoms. The van der Waals surface area contributed by atoms with Gasteiger partial charge in [0.1, 0.15) is 5.82 Å². The maximum absolute atomic E-state index is 13.1. The molecule has 2 aromatic rings. The van der Waals surface area contributed by atoms with Crippen LogP contribution in [-0.4, -0.2) is 24.2 Å². The maximum Gasteiger partial charge on any atom is 0.359 e. The number of rotatable bonds is 4. The second-order valence-electron chi connectivity index (χ2n) is 5.23. The molecule has 3 rings (SSSR count). The quantitative estimate of drug-likeness (QED) is 0.635. The van der Waals surface area contributed by atoms with Crippen LogP contribution in [0.25, 0.3) is 6.08 Å². The number of benzene rings is 2. The number of para-hydroxylation sites is 1. The summed E-state index contributed by atoms with van der Waals surface area (Å²) in [7, 11) is 0. The monoisotopic (exact) mass is 338 g/mol. The Hall–Kier alpha value is -3.28. The molecule has 0 radical (unpaired) electrons. The summed E-state index contributed by atoms with van der Waals surface area (Å²) in [6.07, 6.45) is 1.50. The molecule has 25 heavy (non-hydrogen) atoms. The number of anilines is 1. The van der Waals surface area contributed by atoms with Crippen molar-refractivity contribution in [2.75, 3.05) is 11.6 Å². The molecule has 0 saturated carbocycles. The summed E-state index contributed by atoms with van der Waals surface area (Å²) in [6.45, 7) is 1.84. The number of carbonyl (C=O) groups excluding carboxylic acids is 2. The summed E-state index contributed by atoms with van der Waals surface area (Å²) < 4.78 is 18.1. The van der Waals surface area contributed by atoms with Crippen molar-refractivity contribution in [3.63, 3.8) is 0 Å². The van der Waals surface area contributed by atoms with E-state index in [1.54, 1.807) is 31.2 Å². The Morgan fingerprint density at radius 1 is 1.16 bits per heavy atom. The zero-order valence-corrected chi connectivity index (χ0v) is 13.5. The first-order valence-electron chi connectivity index (χ1n) is 7.73. The highest BCUT2D eigenvalue weighted by atomic mass is 19.1. The van der Waals surface area contributed by atoms with Crippen LogP contribution in [-0.2, 0) is 14.3 Å². The van der Waals surface area contributed by atoms with Gasteiger partial charge in [-0.05, 0) is 42.8 Å². The van der Waals surface area contributed by atoms with Crippen molar-refractivity contribution in [1.29, 1.82) is 0 Å². The van der Waals surface area contributed by atoms with E-state index in [9.17, 15) is 14.0 Å². The van der Waals surface area contributed by atoms with Crippen LogP contribution in [0.3, 0.4) is 0 Å². The van der Waals surface area contributed by atoms with Gasteiger partial charge in [-0.25, -0.2) is 9.18 Å². The maximum atomic E-state index is 13.1. The molecule has 5 nitrogen and oxygen atoms in total. The van der Waals surface area contributed by atoms with Gasteiger partial charge in [-0.3, -0.25) is 4.79 Å². The molecule has 0 saturated heterocycles. The van der Waals surface area contributed by atoms with E-state index in [-0.39, 0.29) is 23.7 Å². The Bertz CT molecular complexity index is 858. The predicted octanol–water partition coefficient (Wildman–Crippen LogP) is 3.18. The second-order valence-corrected chi connectivity index (χ2v) is 5.23. The molecule has 2 aromatic carbocycles. The summed E-state index contributed by atoms with van der Waals surface area (Å²) in [4.78, 5) is 24.9. The van der Waals surface area contributed by atoms with Crippen LogP contribution in [0.1, 0.15) is 12.5 Å². The largest absolute Gasteiger partial charge is 0.461 e. The topological polar surface area (TPSA) is 59.0 Å². The van der Waals surface area contributed by atoms with E-state index >= 15 is 0 Å². The molecule has 126 valence electrons. The van der Waals surface area contributed by atoms with Crippen LogP contribution in [0.5, 0.6) is 0 Å². The fourth-order valence-electron chi connectivity index (χ4n) is 2.36. The predicted molar refractivity (Wildman–Crippen MR) is 92.4 cm³/mol. The Balaban J connectivity index is 2.03. The number of ether oxygens (including phenoxy) is 1. The summed E-state index contributed by atoms with van der Waals surface area (Å²) in [6, 6.07) is 14.4. The zero-order chi connectivity index (χ0) is 17.8. The molecule has 0 unspecified atom stereocenters. The molecule has 0 fully saturated rings. The second kappa shape index (κ2) is 7.09. The highest BCUT2D eigenvalue weighted by molar-refractivity contribution is 6.54. The van der Waals surface area contributed by atoms with Crippen molar-refractivity contribution < 1.29 is 18.7 Å². The van der Waals surface area contributed by atoms with Crippen LogP contribution < -0.4 is 5.01 Å². The molecule has 0 aliphatic carbocycles. The van der Waals surface area contributed by atoms with Crippen molar-refractivity contribution >= 4 is 29.4 Å². The highest BCUT2D eigenvalue weighted by Gasteiger charge is 2.35. The van der Waals surface area contributed by atoms with Crippen LogP contribution >= 0.6 is 0 Å². The van der Waals surface area contributed by atoms with E-state index in [2.05, 4.69) is 5.10 Å². The van der Waals surface area contributed by atoms with Gasteiger partial charge in [0.05, 0.1) is 17.9 Å². The third kappa shape index (κ3) is 3.47. The molecule has 0 atom stereocenters. The van der Waals surface area contributed by atoms with Gasteiger partial charge in [-0.15, -0.1) is 0 Å². The minimum atomic E-state index is -0.678. The van der Waals surface area contributed by atoms with E-state index in [0.29, 0.717) is 11.3 Å². The standard InChI is InChI=1S/C19H15FN2O3/c1-2-25-19(24)17-16(12-13-8-10-14(20)11-9-13)18(23)22(21-17)15-6-4-3-5-7-15/h3-12H,2H2,1H3/b16-12-. The zero-order valence-electron chi connectivity index (χ0n) is 13.5. The number of halogens is 1. The summed E-state index contributed by atoms with van der Waals surface area (Å²) in [5.41, 5.74) is 1.16. The lowest BCUT2D eigenvalue weighted by molar-refractivity contribution is -0.135. The smallest absolute Gasteiger partial charge is 0.359 e. The summed E-state index contributed by atoms with van der Waals surface area (Å²) in [5.74, 6) is -1.51. The lowest BCUT2D eigenvalue weighted by atomic mass is 10.1. The minimum absolute atomic E-state index is 0.0694. The molecule has 0 spiro atoms. The van der Waals surface area contributed by atoms with Crippen LogP contribution in [0, 0.1) is 5.82 Å². The number of hydrazone groups is 1. The number of hydrogen-bond acceptors (Lipinski definition) is 4. The van der Waals surface area contributed by atoms with Crippen molar-refractivity contribution in [1.82, 2.24) is 0 Å². The number of carbonyl (C=O) groups is 2. The molecule has 0 N–H and O–H groups in total. The fraction of sp³-hybridized carbons (Fsp3) is 0.105. The van der Waals surface area contributed by atoms with E-state index in [4.69, 9.17) is 4.74 Å². The minimum Gasteiger partial charge on any atom is -0.461 e. The molecular formula is C19H15FN2O3. The Labute approximate surface area is 144 Å². The molecule has 1 heterocycles. The number of hydrogen-bond donors (Lipinski definition) is 0. The first-order chi connectivity index (χ1) is 12.1. The Kier molecular flexibility index (Phi) is 4.70. The van der Waals surface area contributed by atoms with E-state index < -0.39 is 11.9 Å². The van der Waals surface area contributed by atoms with Crippen LogP contribution in [0.2, 0.25) is 0 Å². The Morgan fingerprint density at radius 2 is 1.84 bits per heavy atom.